The van der Waals surface area contributed by atoms with Crippen molar-refractivity contribution in [1.29, 1.82) is 0 Å². The van der Waals surface area contributed by atoms with Crippen molar-refractivity contribution in [3.05, 3.63) is 29.8 Å². The largest absolute Gasteiger partial charge is 0.395 e. The summed E-state index contributed by atoms with van der Waals surface area (Å²) < 4.78 is 26.5. The van der Waals surface area contributed by atoms with E-state index in [0.29, 0.717) is 11.4 Å². The summed E-state index contributed by atoms with van der Waals surface area (Å²) in [7, 11) is -3.46. The summed E-state index contributed by atoms with van der Waals surface area (Å²) in [6.07, 6.45) is 4.79. The monoisotopic (exact) mass is 297 g/mol. The Morgan fingerprint density at radius 2 is 2.00 bits per heavy atom. The Morgan fingerprint density at radius 1 is 1.30 bits per heavy atom. The molecule has 1 fully saturated rings. The molecule has 1 saturated heterocycles. The predicted molar refractivity (Wildman–Crippen MR) is 79.1 cm³/mol. The van der Waals surface area contributed by atoms with E-state index in [0.717, 1.165) is 32.1 Å². The number of sulfonamides is 1. The van der Waals surface area contributed by atoms with Gasteiger partial charge in [0.1, 0.15) is 0 Å². The number of benzene rings is 1. The van der Waals surface area contributed by atoms with Gasteiger partial charge < -0.3 is 5.11 Å². The minimum absolute atomic E-state index is 0.103. The van der Waals surface area contributed by atoms with E-state index in [1.54, 1.807) is 12.1 Å². The van der Waals surface area contributed by atoms with Gasteiger partial charge in [-0.1, -0.05) is 25.5 Å². The number of aryl methyl sites for hydroxylation is 1. The molecule has 0 amide bonds. The highest BCUT2D eigenvalue weighted by molar-refractivity contribution is 7.89. The smallest absolute Gasteiger partial charge is 0.243 e. The Hall–Kier alpha value is -0.910. The normalized spacial score (nSPS) is 20.4. The molecule has 1 aromatic rings. The van der Waals surface area contributed by atoms with Crippen molar-refractivity contribution < 1.29 is 13.5 Å². The topological polar surface area (TPSA) is 57.6 Å². The highest BCUT2D eigenvalue weighted by Gasteiger charge is 2.34. The summed E-state index contributed by atoms with van der Waals surface area (Å²) in [6.45, 7) is 2.54. The van der Waals surface area contributed by atoms with Gasteiger partial charge in [-0.05, 0) is 43.4 Å². The van der Waals surface area contributed by atoms with E-state index < -0.39 is 10.0 Å². The fourth-order valence-corrected chi connectivity index (χ4v) is 4.34. The predicted octanol–water partition coefficient (Wildman–Crippen LogP) is 2.17. The van der Waals surface area contributed by atoms with Crippen LogP contribution in [0.25, 0.3) is 0 Å². The molecule has 2 rings (SSSR count). The molecule has 4 nitrogen and oxygen atoms in total. The maximum Gasteiger partial charge on any atom is 0.243 e. The Kier molecular flexibility index (Phi) is 5.18. The second-order valence-electron chi connectivity index (χ2n) is 5.34. The van der Waals surface area contributed by atoms with Crippen LogP contribution in [0.3, 0.4) is 0 Å². The maximum atomic E-state index is 12.5. The Bertz CT molecular complexity index is 525. The second-order valence-corrected chi connectivity index (χ2v) is 7.23. The van der Waals surface area contributed by atoms with Crippen LogP contribution in [0.5, 0.6) is 0 Å². The Morgan fingerprint density at radius 3 is 2.60 bits per heavy atom. The average Bonchev–Trinajstić information content (AvgIpc) is 2.95. The second kappa shape index (κ2) is 6.70. The number of nitrogens with zero attached hydrogens (tertiary/aromatic N) is 1. The summed E-state index contributed by atoms with van der Waals surface area (Å²) in [5, 5.41) is 9.28. The zero-order chi connectivity index (χ0) is 14.6. The number of hydrogen-bond acceptors (Lipinski definition) is 3. The Labute approximate surface area is 121 Å². The number of hydrogen-bond donors (Lipinski definition) is 1. The highest BCUT2D eigenvalue weighted by atomic mass is 32.2. The van der Waals surface area contributed by atoms with Gasteiger partial charge in [-0.25, -0.2) is 8.42 Å². The van der Waals surface area contributed by atoms with Crippen LogP contribution in [0.15, 0.2) is 29.2 Å². The molecular weight excluding hydrogens is 274 g/mol. The number of rotatable bonds is 6. The Balaban J connectivity index is 2.17. The molecular formula is C15H23NO3S. The molecule has 1 aromatic carbocycles. The van der Waals surface area contributed by atoms with Crippen LogP contribution in [-0.2, 0) is 16.4 Å². The number of aliphatic hydroxyl groups excluding tert-OH is 1. The van der Waals surface area contributed by atoms with Crippen molar-refractivity contribution in [1.82, 2.24) is 4.31 Å². The minimum atomic E-state index is -3.46. The van der Waals surface area contributed by atoms with Crippen molar-refractivity contribution in [2.45, 2.75) is 50.0 Å². The zero-order valence-corrected chi connectivity index (χ0v) is 12.8. The summed E-state index contributed by atoms with van der Waals surface area (Å²) >= 11 is 0. The lowest BCUT2D eigenvalue weighted by atomic mass is 10.1. The van der Waals surface area contributed by atoms with Crippen LogP contribution < -0.4 is 0 Å². The van der Waals surface area contributed by atoms with Crippen LogP contribution >= 0.6 is 0 Å². The third-order valence-electron chi connectivity index (χ3n) is 3.88. The highest BCUT2D eigenvalue weighted by Crippen LogP contribution is 2.26. The fourth-order valence-electron chi connectivity index (χ4n) is 2.65. The van der Waals surface area contributed by atoms with Gasteiger partial charge in [-0.2, -0.15) is 4.31 Å². The van der Waals surface area contributed by atoms with E-state index in [4.69, 9.17) is 0 Å². The third-order valence-corrected chi connectivity index (χ3v) is 5.85. The molecule has 0 radical (unpaired) electrons. The van der Waals surface area contributed by atoms with E-state index in [-0.39, 0.29) is 12.6 Å². The van der Waals surface area contributed by atoms with Crippen molar-refractivity contribution in [2.75, 3.05) is 13.2 Å². The van der Waals surface area contributed by atoms with Crippen LogP contribution in [0.1, 0.15) is 38.2 Å². The molecule has 0 spiro atoms. The molecule has 0 bridgehead atoms. The first-order valence-electron chi connectivity index (χ1n) is 7.31. The van der Waals surface area contributed by atoms with E-state index in [9.17, 15) is 13.5 Å². The van der Waals surface area contributed by atoms with Gasteiger partial charge in [-0.3, -0.25) is 0 Å². The summed E-state index contributed by atoms with van der Waals surface area (Å²) in [6, 6.07) is 6.90. The molecule has 1 aliphatic rings. The number of aliphatic hydroxyl groups is 1. The van der Waals surface area contributed by atoms with Crippen LogP contribution in [-0.4, -0.2) is 37.0 Å². The maximum absolute atomic E-state index is 12.5. The van der Waals surface area contributed by atoms with Crippen molar-refractivity contribution >= 4 is 10.0 Å². The third kappa shape index (κ3) is 3.22. The van der Waals surface area contributed by atoms with Crippen LogP contribution in [0.2, 0.25) is 0 Å². The molecule has 1 heterocycles. The first kappa shape index (κ1) is 15.5. The van der Waals surface area contributed by atoms with E-state index >= 15 is 0 Å². The molecule has 1 aliphatic heterocycles. The lowest BCUT2D eigenvalue weighted by Crippen LogP contribution is -2.37. The molecule has 0 aromatic heterocycles. The quantitative estimate of drug-likeness (QED) is 0.875. The van der Waals surface area contributed by atoms with Gasteiger partial charge in [0.05, 0.1) is 11.5 Å². The first-order chi connectivity index (χ1) is 9.59. The van der Waals surface area contributed by atoms with Crippen molar-refractivity contribution in [3.63, 3.8) is 0 Å². The lowest BCUT2D eigenvalue weighted by molar-refractivity contribution is 0.213. The molecule has 0 saturated carbocycles. The minimum Gasteiger partial charge on any atom is -0.395 e. The van der Waals surface area contributed by atoms with Gasteiger partial charge in [0.15, 0.2) is 0 Å². The summed E-state index contributed by atoms with van der Waals surface area (Å²) in [4.78, 5) is 0.332. The van der Waals surface area contributed by atoms with Gasteiger partial charge in [-0.15, -0.1) is 0 Å². The zero-order valence-electron chi connectivity index (χ0n) is 12.0. The van der Waals surface area contributed by atoms with Gasteiger partial charge in [0.25, 0.3) is 0 Å². The first-order valence-corrected chi connectivity index (χ1v) is 8.75. The molecule has 1 unspecified atom stereocenters. The van der Waals surface area contributed by atoms with Crippen molar-refractivity contribution in [3.8, 4) is 0 Å². The SMILES string of the molecule is CCCCc1ccc(S(=O)(=O)N2CCCC2CO)cc1. The van der Waals surface area contributed by atoms with E-state index in [1.165, 1.54) is 9.87 Å². The van der Waals surface area contributed by atoms with Gasteiger partial charge in [0.2, 0.25) is 10.0 Å². The standard InChI is InChI=1S/C15H23NO3S/c1-2-3-5-13-7-9-15(10-8-13)20(18,19)16-11-4-6-14(16)12-17/h7-10,14,17H,2-6,11-12H2,1H3. The summed E-state index contributed by atoms with van der Waals surface area (Å²) in [5.41, 5.74) is 1.17. The molecule has 0 aliphatic carbocycles. The van der Waals surface area contributed by atoms with Crippen LogP contribution in [0, 0.1) is 0 Å². The molecule has 5 heteroatoms. The summed E-state index contributed by atoms with van der Waals surface area (Å²) in [5.74, 6) is 0. The molecule has 112 valence electrons. The van der Waals surface area contributed by atoms with E-state index in [1.807, 2.05) is 12.1 Å². The van der Waals surface area contributed by atoms with Crippen LogP contribution in [0.4, 0.5) is 0 Å². The fraction of sp³-hybridized carbons (Fsp3) is 0.600. The van der Waals surface area contributed by atoms with Gasteiger partial charge in [0, 0.05) is 12.6 Å². The molecule has 20 heavy (non-hydrogen) atoms. The molecule has 1 N–H and O–H groups in total. The van der Waals surface area contributed by atoms with Gasteiger partial charge >= 0.3 is 0 Å². The average molecular weight is 297 g/mol. The van der Waals surface area contributed by atoms with Crippen molar-refractivity contribution in [2.24, 2.45) is 0 Å². The van der Waals surface area contributed by atoms with E-state index in [2.05, 4.69) is 6.92 Å². The number of unbranched alkanes of at least 4 members (excludes halogenated alkanes) is 1. The molecule has 1 atom stereocenters. The lowest BCUT2D eigenvalue weighted by Gasteiger charge is -2.22.